The molecule has 0 unspecified atom stereocenters. The molecule has 5 heteroatoms. The predicted molar refractivity (Wildman–Crippen MR) is 70.1 cm³/mol. The number of hydrogen-bond acceptors (Lipinski definition) is 4. The van der Waals surface area contributed by atoms with Gasteiger partial charge in [0.05, 0.1) is 6.61 Å². The third-order valence-electron chi connectivity index (χ3n) is 3.64. The number of ketones is 1. The topological polar surface area (TPSA) is 80.7 Å². The normalized spacial score (nSPS) is 23.9. The van der Waals surface area contributed by atoms with Crippen LogP contribution in [0.4, 0.5) is 0 Å². The number of aliphatic carboxylic acids is 1. The van der Waals surface area contributed by atoms with Crippen molar-refractivity contribution in [2.24, 2.45) is 5.92 Å². The zero-order chi connectivity index (χ0) is 14.8. The fourth-order valence-electron chi connectivity index (χ4n) is 2.54. The third-order valence-corrected chi connectivity index (χ3v) is 3.64. The van der Waals surface area contributed by atoms with Gasteiger partial charge in [0, 0.05) is 5.92 Å². The van der Waals surface area contributed by atoms with Gasteiger partial charge >= 0.3 is 11.9 Å². The van der Waals surface area contributed by atoms with Crippen molar-refractivity contribution in [2.45, 2.75) is 25.2 Å². The molecule has 0 saturated heterocycles. The molecule has 0 aliphatic heterocycles. The van der Waals surface area contributed by atoms with Crippen molar-refractivity contribution in [3.05, 3.63) is 35.9 Å². The van der Waals surface area contributed by atoms with Gasteiger partial charge in [-0.1, -0.05) is 30.3 Å². The number of benzene rings is 1. The molecule has 1 aliphatic carbocycles. The second kappa shape index (κ2) is 5.45. The molecule has 1 N–H and O–H groups in total. The van der Waals surface area contributed by atoms with Crippen LogP contribution in [-0.4, -0.2) is 29.4 Å². The quantitative estimate of drug-likeness (QED) is 0.630. The molecule has 5 nitrogen and oxygen atoms in total. The lowest BCUT2D eigenvalue weighted by molar-refractivity contribution is -0.147. The highest BCUT2D eigenvalue weighted by atomic mass is 16.5. The Labute approximate surface area is 116 Å². The summed E-state index contributed by atoms with van der Waals surface area (Å²) in [6.45, 7) is 1.87. The highest BCUT2D eigenvalue weighted by Crippen LogP contribution is 2.55. The summed E-state index contributed by atoms with van der Waals surface area (Å²) in [5.41, 5.74) is -0.570. The van der Waals surface area contributed by atoms with Gasteiger partial charge in [0.15, 0.2) is 0 Å². The molecule has 0 spiro atoms. The first-order chi connectivity index (χ1) is 9.52. The van der Waals surface area contributed by atoms with Crippen LogP contribution in [0.25, 0.3) is 0 Å². The van der Waals surface area contributed by atoms with E-state index in [1.165, 1.54) is 0 Å². The zero-order valence-corrected chi connectivity index (χ0v) is 11.2. The van der Waals surface area contributed by atoms with Crippen LogP contribution in [0.2, 0.25) is 0 Å². The molecule has 0 heterocycles. The average Bonchev–Trinajstić information content (AvgIpc) is 3.17. The van der Waals surface area contributed by atoms with E-state index in [0.717, 1.165) is 0 Å². The summed E-state index contributed by atoms with van der Waals surface area (Å²) < 4.78 is 4.72. The van der Waals surface area contributed by atoms with Crippen LogP contribution in [0, 0.1) is 5.92 Å². The number of carboxylic acids is 1. The van der Waals surface area contributed by atoms with Gasteiger partial charge in [-0.05, 0) is 18.9 Å². The minimum absolute atomic E-state index is 0.208. The Kier molecular flexibility index (Phi) is 3.88. The first-order valence-corrected chi connectivity index (χ1v) is 6.49. The molecule has 1 aromatic carbocycles. The van der Waals surface area contributed by atoms with Crippen LogP contribution in [0.15, 0.2) is 30.3 Å². The molecule has 1 aliphatic rings. The maximum atomic E-state index is 12.0. The lowest BCUT2D eigenvalue weighted by atomic mass is 9.91. The molecule has 1 fully saturated rings. The van der Waals surface area contributed by atoms with Gasteiger partial charge < -0.3 is 9.84 Å². The van der Waals surface area contributed by atoms with Crippen LogP contribution >= 0.6 is 0 Å². The second-order valence-corrected chi connectivity index (χ2v) is 4.85. The van der Waals surface area contributed by atoms with Gasteiger partial charge in [-0.2, -0.15) is 0 Å². The van der Waals surface area contributed by atoms with Crippen molar-refractivity contribution in [1.29, 1.82) is 0 Å². The minimum Gasteiger partial charge on any atom is -0.481 e. The summed E-state index contributed by atoms with van der Waals surface area (Å²) in [4.78, 5) is 34.9. The fourth-order valence-corrected chi connectivity index (χ4v) is 2.54. The summed E-state index contributed by atoms with van der Waals surface area (Å²) in [5, 5.41) is 9.45. The largest absolute Gasteiger partial charge is 0.481 e. The van der Waals surface area contributed by atoms with Gasteiger partial charge in [0.25, 0.3) is 0 Å². The van der Waals surface area contributed by atoms with E-state index in [1.54, 1.807) is 37.3 Å². The highest BCUT2D eigenvalue weighted by molar-refractivity contribution is 6.04. The summed E-state index contributed by atoms with van der Waals surface area (Å²) in [5.74, 6) is -2.64. The van der Waals surface area contributed by atoms with Gasteiger partial charge in [0.1, 0.15) is 17.6 Å². The number of esters is 1. The Bertz CT molecular complexity index is 536. The van der Waals surface area contributed by atoms with Crippen molar-refractivity contribution >= 4 is 17.7 Å². The highest BCUT2D eigenvalue weighted by Gasteiger charge is 2.64. The monoisotopic (exact) mass is 276 g/mol. The van der Waals surface area contributed by atoms with Crippen molar-refractivity contribution < 1.29 is 24.2 Å². The van der Waals surface area contributed by atoms with Gasteiger partial charge in [-0.15, -0.1) is 0 Å². The Balaban J connectivity index is 2.14. The Morgan fingerprint density at radius 2 is 1.95 bits per heavy atom. The van der Waals surface area contributed by atoms with E-state index in [-0.39, 0.29) is 25.2 Å². The van der Waals surface area contributed by atoms with E-state index in [4.69, 9.17) is 4.74 Å². The average molecular weight is 276 g/mol. The fraction of sp³-hybridized carbons (Fsp3) is 0.400. The van der Waals surface area contributed by atoms with Crippen LogP contribution < -0.4 is 0 Å². The maximum absolute atomic E-state index is 12.0. The van der Waals surface area contributed by atoms with E-state index in [9.17, 15) is 19.5 Å². The van der Waals surface area contributed by atoms with E-state index < -0.39 is 23.3 Å². The summed E-state index contributed by atoms with van der Waals surface area (Å²) in [7, 11) is 0. The van der Waals surface area contributed by atoms with Gasteiger partial charge in [0.2, 0.25) is 0 Å². The first-order valence-electron chi connectivity index (χ1n) is 6.49. The molecule has 0 amide bonds. The van der Waals surface area contributed by atoms with Crippen molar-refractivity contribution in [2.75, 3.05) is 6.61 Å². The van der Waals surface area contributed by atoms with Gasteiger partial charge in [-0.3, -0.25) is 14.4 Å². The molecule has 2 atom stereocenters. The molecular weight excluding hydrogens is 260 g/mol. The molecule has 1 saturated carbocycles. The predicted octanol–water partition coefficient (Wildman–Crippen LogP) is 1.55. The van der Waals surface area contributed by atoms with Crippen molar-refractivity contribution in [3.8, 4) is 0 Å². The smallest absolute Gasteiger partial charge is 0.314 e. The lowest BCUT2D eigenvalue weighted by Crippen LogP contribution is -2.26. The number of carbonyl (C=O) groups excluding carboxylic acids is 2. The van der Waals surface area contributed by atoms with E-state index in [0.29, 0.717) is 5.56 Å². The lowest BCUT2D eigenvalue weighted by Gasteiger charge is -2.12. The molecule has 20 heavy (non-hydrogen) atoms. The molecule has 1 aromatic rings. The molecular formula is C15H16O5. The van der Waals surface area contributed by atoms with E-state index in [1.807, 2.05) is 0 Å². The van der Waals surface area contributed by atoms with E-state index in [2.05, 4.69) is 0 Å². The molecule has 0 bridgehead atoms. The first kappa shape index (κ1) is 14.2. The minimum atomic E-state index is -1.18. The van der Waals surface area contributed by atoms with Crippen LogP contribution in [-0.2, 0) is 24.5 Å². The number of hydrogen-bond donors (Lipinski definition) is 1. The summed E-state index contributed by atoms with van der Waals surface area (Å²) >= 11 is 0. The number of ether oxygens (including phenoxy) is 1. The molecule has 106 valence electrons. The third kappa shape index (κ3) is 2.43. The Morgan fingerprint density at radius 3 is 2.50 bits per heavy atom. The summed E-state index contributed by atoms with van der Waals surface area (Å²) in [6, 6.07) is 8.67. The Morgan fingerprint density at radius 1 is 1.30 bits per heavy atom. The number of rotatable bonds is 6. The van der Waals surface area contributed by atoms with Crippen LogP contribution in [0.1, 0.15) is 25.3 Å². The number of carbonyl (C=O) groups is 3. The molecule has 0 aromatic heterocycles. The standard InChI is InChI=1S/C15H16O5/c1-2-20-13(17)8-12(16)11-9-15(11,14(18)19)10-6-4-3-5-7-10/h3-7,11H,2,8-9H2,1H3,(H,18,19)/t11-,15+/m1/s1. The maximum Gasteiger partial charge on any atom is 0.314 e. The number of Topliss-reactive ketones (excluding diaryl/α,β-unsaturated/α-hetero) is 1. The molecule has 2 rings (SSSR count). The summed E-state index contributed by atoms with van der Waals surface area (Å²) in [6.07, 6.45) is -0.120. The SMILES string of the molecule is CCOC(=O)CC(=O)[C@H]1C[C@]1(C(=O)O)c1ccccc1. The van der Waals surface area contributed by atoms with Gasteiger partial charge in [-0.25, -0.2) is 0 Å². The second-order valence-electron chi connectivity index (χ2n) is 4.85. The zero-order valence-electron chi connectivity index (χ0n) is 11.2. The Hall–Kier alpha value is -2.17. The van der Waals surface area contributed by atoms with Crippen LogP contribution in [0.3, 0.4) is 0 Å². The van der Waals surface area contributed by atoms with Crippen molar-refractivity contribution in [1.82, 2.24) is 0 Å². The number of carboxylic acid groups (broad SMARTS) is 1. The van der Waals surface area contributed by atoms with Crippen LogP contribution in [0.5, 0.6) is 0 Å². The van der Waals surface area contributed by atoms with Crippen molar-refractivity contribution in [3.63, 3.8) is 0 Å². The molecule has 0 radical (unpaired) electrons. The van der Waals surface area contributed by atoms with E-state index >= 15 is 0 Å².